The monoisotopic (exact) mass is 250 g/mol. The lowest BCUT2D eigenvalue weighted by atomic mass is 10.2. The molecule has 0 bridgehead atoms. The summed E-state index contributed by atoms with van der Waals surface area (Å²) in [4.78, 5) is 19.5. The van der Waals surface area contributed by atoms with Gasteiger partial charge in [0.1, 0.15) is 17.6 Å². The van der Waals surface area contributed by atoms with E-state index in [1.165, 1.54) is 23.3 Å². The minimum Gasteiger partial charge on any atom is -0.443 e. The van der Waals surface area contributed by atoms with E-state index in [2.05, 4.69) is 9.97 Å². The number of ether oxygens (including phenoxy) is 1. The van der Waals surface area contributed by atoms with Crippen LogP contribution in [0, 0.1) is 0 Å². The summed E-state index contributed by atoms with van der Waals surface area (Å²) in [5.41, 5.74) is 5.27. The topological polar surface area (TPSA) is 96.2 Å². The molecular weight excluding hydrogens is 236 g/mol. The fourth-order valence-corrected chi connectivity index (χ4v) is 1.27. The number of carbonyl (C=O) groups excluding carboxylic acids is 1. The molecule has 0 saturated heterocycles. The van der Waals surface area contributed by atoms with Crippen molar-refractivity contribution in [3.63, 3.8) is 0 Å². The molecule has 0 radical (unpaired) electrons. The number of imidazole rings is 1. The van der Waals surface area contributed by atoms with Crippen molar-refractivity contribution >= 4 is 12.1 Å². The Balaban J connectivity index is 2.18. The summed E-state index contributed by atoms with van der Waals surface area (Å²) in [5, 5.41) is 0. The van der Waals surface area contributed by atoms with Gasteiger partial charge in [0.05, 0.1) is 6.20 Å². The van der Waals surface area contributed by atoms with Crippen molar-refractivity contribution in [1.29, 1.82) is 0 Å². The van der Waals surface area contributed by atoms with Crippen LogP contribution in [0.1, 0.15) is 20.8 Å². The van der Waals surface area contributed by atoms with Gasteiger partial charge in [0, 0.05) is 6.20 Å². The molecule has 0 unspecified atom stereocenters. The van der Waals surface area contributed by atoms with Gasteiger partial charge in [-0.15, -0.1) is 0 Å². The van der Waals surface area contributed by atoms with Crippen LogP contribution in [0.15, 0.2) is 23.1 Å². The van der Waals surface area contributed by atoms with E-state index >= 15 is 0 Å². The highest BCUT2D eigenvalue weighted by Crippen LogP contribution is 2.19. The molecule has 2 rings (SSSR count). The van der Waals surface area contributed by atoms with Crippen LogP contribution in [-0.2, 0) is 4.74 Å². The van der Waals surface area contributed by atoms with E-state index in [-0.39, 0.29) is 6.01 Å². The van der Waals surface area contributed by atoms with Crippen LogP contribution in [0.25, 0.3) is 11.5 Å². The maximum absolute atomic E-state index is 11.7. The van der Waals surface area contributed by atoms with Gasteiger partial charge in [-0.25, -0.2) is 19.3 Å². The van der Waals surface area contributed by atoms with Crippen molar-refractivity contribution < 1.29 is 13.9 Å². The highest BCUT2D eigenvalue weighted by molar-refractivity contribution is 5.72. The molecule has 0 aromatic carbocycles. The van der Waals surface area contributed by atoms with Crippen molar-refractivity contribution in [2.75, 3.05) is 5.73 Å². The SMILES string of the molecule is CC(C)(C)OC(=O)n1cnc(-c2cnc(N)o2)c1. The number of hydrogen-bond acceptors (Lipinski definition) is 6. The molecule has 0 atom stereocenters. The van der Waals surface area contributed by atoms with Crippen molar-refractivity contribution in [1.82, 2.24) is 14.5 Å². The van der Waals surface area contributed by atoms with Gasteiger partial charge in [0.2, 0.25) is 0 Å². The van der Waals surface area contributed by atoms with Crippen molar-refractivity contribution in [3.8, 4) is 11.5 Å². The third-order valence-electron chi connectivity index (χ3n) is 1.96. The van der Waals surface area contributed by atoms with Crippen LogP contribution in [0.2, 0.25) is 0 Å². The predicted molar refractivity (Wildman–Crippen MR) is 63.8 cm³/mol. The molecule has 0 amide bonds. The summed E-state index contributed by atoms with van der Waals surface area (Å²) >= 11 is 0. The second-order valence-electron chi connectivity index (χ2n) is 4.71. The molecule has 2 heterocycles. The molecule has 0 spiro atoms. The van der Waals surface area contributed by atoms with Gasteiger partial charge in [0.25, 0.3) is 6.01 Å². The fraction of sp³-hybridized carbons (Fsp3) is 0.364. The normalized spacial score (nSPS) is 11.5. The molecule has 7 nitrogen and oxygen atoms in total. The Labute approximate surface area is 104 Å². The molecule has 7 heteroatoms. The van der Waals surface area contributed by atoms with Crippen LogP contribution >= 0.6 is 0 Å². The number of oxazole rings is 1. The first-order chi connectivity index (χ1) is 8.35. The molecule has 0 saturated carbocycles. The van der Waals surface area contributed by atoms with Crippen LogP contribution in [0.3, 0.4) is 0 Å². The molecule has 2 N–H and O–H groups in total. The molecule has 0 fully saturated rings. The number of nitrogens with two attached hydrogens (primary N) is 1. The number of anilines is 1. The molecule has 2 aromatic rings. The Kier molecular flexibility index (Phi) is 2.82. The van der Waals surface area contributed by atoms with E-state index in [1.54, 1.807) is 20.8 Å². The maximum Gasteiger partial charge on any atom is 0.419 e. The quantitative estimate of drug-likeness (QED) is 0.830. The number of carbonyl (C=O) groups is 1. The minimum absolute atomic E-state index is 0.0526. The van der Waals surface area contributed by atoms with E-state index in [0.29, 0.717) is 11.5 Å². The third-order valence-corrected chi connectivity index (χ3v) is 1.96. The first kappa shape index (κ1) is 12.2. The van der Waals surface area contributed by atoms with Crippen molar-refractivity contribution in [2.24, 2.45) is 0 Å². The molecule has 2 aromatic heterocycles. The average Bonchev–Trinajstić information content (AvgIpc) is 2.82. The van der Waals surface area contributed by atoms with Crippen LogP contribution < -0.4 is 5.73 Å². The zero-order chi connectivity index (χ0) is 13.3. The fourth-order valence-electron chi connectivity index (χ4n) is 1.27. The largest absolute Gasteiger partial charge is 0.443 e. The second kappa shape index (κ2) is 4.17. The summed E-state index contributed by atoms with van der Waals surface area (Å²) in [5.74, 6) is 0.398. The Morgan fingerprint density at radius 1 is 1.44 bits per heavy atom. The van der Waals surface area contributed by atoms with E-state index in [9.17, 15) is 4.79 Å². The highest BCUT2D eigenvalue weighted by Gasteiger charge is 2.18. The first-order valence-corrected chi connectivity index (χ1v) is 5.34. The van der Waals surface area contributed by atoms with E-state index in [1.807, 2.05) is 0 Å². The van der Waals surface area contributed by atoms with Gasteiger partial charge in [0.15, 0.2) is 5.76 Å². The molecule has 0 aliphatic heterocycles. The van der Waals surface area contributed by atoms with Gasteiger partial charge in [-0.1, -0.05) is 0 Å². The van der Waals surface area contributed by atoms with Crippen LogP contribution in [0.5, 0.6) is 0 Å². The van der Waals surface area contributed by atoms with Gasteiger partial charge in [-0.2, -0.15) is 0 Å². The zero-order valence-corrected chi connectivity index (χ0v) is 10.4. The summed E-state index contributed by atoms with van der Waals surface area (Å²) in [6, 6.07) is 0.0526. The van der Waals surface area contributed by atoms with Gasteiger partial charge in [-0.05, 0) is 20.8 Å². The number of rotatable bonds is 1. The van der Waals surface area contributed by atoms with E-state index in [4.69, 9.17) is 14.9 Å². The summed E-state index contributed by atoms with van der Waals surface area (Å²) in [7, 11) is 0. The third kappa shape index (κ3) is 2.68. The lowest BCUT2D eigenvalue weighted by Gasteiger charge is -2.18. The summed E-state index contributed by atoms with van der Waals surface area (Å²) in [6.45, 7) is 5.37. The second-order valence-corrected chi connectivity index (χ2v) is 4.71. The number of hydrogen-bond donors (Lipinski definition) is 1. The van der Waals surface area contributed by atoms with Gasteiger partial charge < -0.3 is 14.9 Å². The molecule has 96 valence electrons. The Hall–Kier alpha value is -2.31. The molecule has 18 heavy (non-hydrogen) atoms. The first-order valence-electron chi connectivity index (χ1n) is 5.34. The zero-order valence-electron chi connectivity index (χ0n) is 10.4. The van der Waals surface area contributed by atoms with Gasteiger partial charge in [-0.3, -0.25) is 0 Å². The Morgan fingerprint density at radius 2 is 2.17 bits per heavy atom. The number of aromatic nitrogens is 3. The Bertz CT molecular complexity index is 565. The Morgan fingerprint density at radius 3 is 2.72 bits per heavy atom. The summed E-state index contributed by atoms with van der Waals surface area (Å²) < 4.78 is 11.5. The van der Waals surface area contributed by atoms with E-state index < -0.39 is 11.7 Å². The predicted octanol–water partition coefficient (Wildman–Crippen LogP) is 1.90. The molecule has 0 aliphatic carbocycles. The van der Waals surface area contributed by atoms with Gasteiger partial charge >= 0.3 is 6.09 Å². The highest BCUT2D eigenvalue weighted by atomic mass is 16.6. The lowest BCUT2D eigenvalue weighted by Crippen LogP contribution is -2.26. The van der Waals surface area contributed by atoms with Crippen LogP contribution in [0.4, 0.5) is 10.8 Å². The van der Waals surface area contributed by atoms with Crippen LogP contribution in [-0.4, -0.2) is 26.2 Å². The van der Waals surface area contributed by atoms with Crippen molar-refractivity contribution in [3.05, 3.63) is 18.7 Å². The smallest absolute Gasteiger partial charge is 0.419 e. The minimum atomic E-state index is -0.557. The molecule has 0 aliphatic rings. The lowest BCUT2D eigenvalue weighted by molar-refractivity contribution is 0.0536. The number of nitrogens with zero attached hydrogens (tertiary/aromatic N) is 3. The summed E-state index contributed by atoms with van der Waals surface area (Å²) in [6.07, 6.45) is 3.78. The maximum atomic E-state index is 11.7. The van der Waals surface area contributed by atoms with Crippen molar-refractivity contribution in [2.45, 2.75) is 26.4 Å². The standard InChI is InChI=1S/C11H14N4O3/c1-11(2,3)18-10(16)15-5-7(14-6-15)8-4-13-9(12)17-8/h4-6H,1-3H3,(H2,12,13). The van der Waals surface area contributed by atoms with E-state index in [0.717, 1.165) is 0 Å². The average molecular weight is 250 g/mol. The number of nitrogen functional groups attached to an aromatic ring is 1. The molecular formula is C11H14N4O3.